The average Bonchev–Trinajstić information content (AvgIpc) is 3.00. The number of nitrogens with zero attached hydrogens (tertiary/aromatic N) is 3. The van der Waals surface area contributed by atoms with Gasteiger partial charge in [-0.05, 0) is 45.3 Å². The third-order valence-corrected chi connectivity index (χ3v) is 5.22. The molecule has 1 aromatic heterocycles. The molecule has 0 aliphatic carbocycles. The Labute approximate surface area is 156 Å². The van der Waals surface area contributed by atoms with E-state index in [2.05, 4.69) is 9.88 Å². The minimum atomic E-state index is -0.0410. The molecule has 0 aliphatic heterocycles. The van der Waals surface area contributed by atoms with Crippen LogP contribution in [0.3, 0.4) is 0 Å². The summed E-state index contributed by atoms with van der Waals surface area (Å²) < 4.78 is 0.981. The van der Waals surface area contributed by atoms with Gasteiger partial charge in [0.05, 0.1) is 9.72 Å². The summed E-state index contributed by atoms with van der Waals surface area (Å²) in [5.41, 5.74) is 2.48. The van der Waals surface area contributed by atoms with E-state index in [0.29, 0.717) is 22.3 Å². The Kier molecular flexibility index (Phi) is 5.37. The second kappa shape index (κ2) is 7.52. The maximum absolute atomic E-state index is 13.1. The number of aryl methyl sites for hydroxylation is 1. The average molecular weight is 374 g/mol. The van der Waals surface area contributed by atoms with Gasteiger partial charge in [-0.25, -0.2) is 4.98 Å². The topological polar surface area (TPSA) is 36.4 Å². The van der Waals surface area contributed by atoms with Crippen LogP contribution in [0.4, 0.5) is 5.13 Å². The third-order valence-electron chi connectivity index (χ3n) is 3.87. The van der Waals surface area contributed by atoms with E-state index >= 15 is 0 Å². The highest BCUT2D eigenvalue weighted by molar-refractivity contribution is 7.22. The number of carbonyl (C=O) groups is 1. The van der Waals surface area contributed by atoms with E-state index in [1.54, 1.807) is 4.90 Å². The van der Waals surface area contributed by atoms with Crippen molar-refractivity contribution in [3.8, 4) is 0 Å². The van der Waals surface area contributed by atoms with Crippen LogP contribution in [0.15, 0.2) is 42.5 Å². The number of rotatable bonds is 5. The Balaban J connectivity index is 2.01. The summed E-state index contributed by atoms with van der Waals surface area (Å²) in [6, 6.07) is 13.3. The van der Waals surface area contributed by atoms with Gasteiger partial charge in [0.2, 0.25) is 0 Å². The molecule has 2 aromatic carbocycles. The van der Waals surface area contributed by atoms with Gasteiger partial charge in [-0.1, -0.05) is 46.7 Å². The van der Waals surface area contributed by atoms with Gasteiger partial charge in [0.15, 0.2) is 5.13 Å². The molecule has 3 rings (SSSR count). The zero-order chi connectivity index (χ0) is 18.0. The van der Waals surface area contributed by atoms with Gasteiger partial charge in [-0.3, -0.25) is 9.69 Å². The van der Waals surface area contributed by atoms with Crippen molar-refractivity contribution in [1.29, 1.82) is 0 Å². The first-order valence-corrected chi connectivity index (χ1v) is 9.23. The highest BCUT2D eigenvalue weighted by Gasteiger charge is 2.22. The summed E-state index contributed by atoms with van der Waals surface area (Å²) in [6.07, 6.45) is 0. The van der Waals surface area contributed by atoms with Crippen molar-refractivity contribution < 1.29 is 4.79 Å². The van der Waals surface area contributed by atoms with Crippen molar-refractivity contribution in [3.63, 3.8) is 0 Å². The summed E-state index contributed by atoms with van der Waals surface area (Å²) in [6.45, 7) is 3.30. The van der Waals surface area contributed by atoms with Gasteiger partial charge in [0, 0.05) is 18.7 Å². The van der Waals surface area contributed by atoms with Gasteiger partial charge in [0.1, 0.15) is 5.52 Å². The highest BCUT2D eigenvalue weighted by Crippen LogP contribution is 2.33. The first kappa shape index (κ1) is 17.9. The molecule has 4 nitrogen and oxygen atoms in total. The molecule has 0 radical (unpaired) electrons. The second-order valence-electron chi connectivity index (χ2n) is 6.21. The van der Waals surface area contributed by atoms with Crippen molar-refractivity contribution in [2.45, 2.75) is 6.92 Å². The first-order valence-electron chi connectivity index (χ1n) is 8.04. The maximum Gasteiger partial charge on any atom is 0.260 e. The third kappa shape index (κ3) is 4.00. The number of para-hydroxylation sites is 1. The number of aromatic nitrogens is 1. The molecule has 3 aromatic rings. The lowest BCUT2D eigenvalue weighted by molar-refractivity contribution is 0.0985. The normalized spacial score (nSPS) is 11.2. The Morgan fingerprint density at radius 3 is 2.60 bits per heavy atom. The summed E-state index contributed by atoms with van der Waals surface area (Å²) in [5.74, 6) is -0.0410. The first-order chi connectivity index (χ1) is 12.0. The molecule has 0 unspecified atom stereocenters. The number of benzene rings is 2. The standard InChI is InChI=1S/C19H20ClN3OS/c1-13-6-4-7-14(12-13)18(24)23(11-10-22(2)3)19-21-17-15(20)8-5-9-16(17)25-19/h4-9,12H,10-11H2,1-3H3. The zero-order valence-electron chi connectivity index (χ0n) is 14.5. The molecule has 130 valence electrons. The van der Waals surface area contributed by atoms with E-state index in [1.807, 2.05) is 63.5 Å². The molecule has 0 saturated carbocycles. The van der Waals surface area contributed by atoms with Crippen LogP contribution < -0.4 is 4.90 Å². The van der Waals surface area contributed by atoms with E-state index in [4.69, 9.17) is 11.6 Å². The number of hydrogen-bond acceptors (Lipinski definition) is 4. The summed E-state index contributed by atoms with van der Waals surface area (Å²) in [4.78, 5) is 21.5. The number of halogens is 1. The van der Waals surface area contributed by atoms with Crippen LogP contribution in [0, 0.1) is 6.92 Å². The highest BCUT2D eigenvalue weighted by atomic mass is 35.5. The van der Waals surface area contributed by atoms with Crippen molar-refractivity contribution in [2.75, 3.05) is 32.1 Å². The van der Waals surface area contributed by atoms with Crippen LogP contribution in [-0.2, 0) is 0 Å². The summed E-state index contributed by atoms with van der Waals surface area (Å²) in [7, 11) is 3.98. The van der Waals surface area contributed by atoms with E-state index < -0.39 is 0 Å². The lowest BCUT2D eigenvalue weighted by Crippen LogP contribution is -2.36. The molecule has 25 heavy (non-hydrogen) atoms. The predicted molar refractivity (Wildman–Crippen MR) is 106 cm³/mol. The Morgan fingerprint density at radius 2 is 1.92 bits per heavy atom. The Hall–Kier alpha value is -1.95. The molecule has 0 aliphatic rings. The molecular formula is C19H20ClN3OS. The molecular weight excluding hydrogens is 354 g/mol. The molecule has 0 atom stereocenters. The van der Waals surface area contributed by atoms with Gasteiger partial charge in [-0.15, -0.1) is 0 Å². The van der Waals surface area contributed by atoms with Crippen LogP contribution in [0.1, 0.15) is 15.9 Å². The fourth-order valence-corrected chi connectivity index (χ4v) is 3.83. The lowest BCUT2D eigenvalue weighted by atomic mass is 10.1. The monoisotopic (exact) mass is 373 g/mol. The Bertz CT molecular complexity index is 907. The minimum absolute atomic E-state index is 0.0410. The molecule has 0 spiro atoms. The number of carbonyl (C=O) groups excluding carboxylic acids is 1. The van der Waals surface area contributed by atoms with Crippen molar-refractivity contribution >= 4 is 44.2 Å². The molecule has 0 fully saturated rings. The molecule has 1 amide bonds. The van der Waals surface area contributed by atoms with Crippen LogP contribution in [0.5, 0.6) is 0 Å². The van der Waals surface area contributed by atoms with E-state index in [9.17, 15) is 4.79 Å². The lowest BCUT2D eigenvalue weighted by Gasteiger charge is -2.22. The summed E-state index contributed by atoms with van der Waals surface area (Å²) >= 11 is 7.74. The zero-order valence-corrected chi connectivity index (χ0v) is 16.1. The van der Waals surface area contributed by atoms with Crippen LogP contribution in [0.2, 0.25) is 5.02 Å². The maximum atomic E-state index is 13.1. The van der Waals surface area contributed by atoms with Crippen LogP contribution in [0.25, 0.3) is 10.2 Å². The van der Waals surface area contributed by atoms with Crippen molar-refractivity contribution in [1.82, 2.24) is 9.88 Å². The smallest absolute Gasteiger partial charge is 0.260 e. The number of thiazole rings is 1. The molecule has 6 heteroatoms. The Morgan fingerprint density at radius 1 is 1.16 bits per heavy atom. The predicted octanol–water partition coefficient (Wildman–Crippen LogP) is 4.47. The van der Waals surface area contributed by atoms with Gasteiger partial charge in [0.25, 0.3) is 5.91 Å². The number of hydrogen-bond donors (Lipinski definition) is 0. The SMILES string of the molecule is Cc1cccc(C(=O)N(CCN(C)C)c2nc3c(Cl)cccc3s2)c1. The van der Waals surface area contributed by atoms with Gasteiger partial charge < -0.3 is 4.90 Å². The van der Waals surface area contributed by atoms with Crippen LogP contribution >= 0.6 is 22.9 Å². The van der Waals surface area contributed by atoms with E-state index in [-0.39, 0.29) is 5.91 Å². The van der Waals surface area contributed by atoms with Crippen LogP contribution in [-0.4, -0.2) is 43.0 Å². The quantitative estimate of drug-likeness (QED) is 0.662. The van der Waals surface area contributed by atoms with Gasteiger partial charge in [-0.2, -0.15) is 0 Å². The minimum Gasteiger partial charge on any atom is -0.308 e. The second-order valence-corrected chi connectivity index (χ2v) is 7.63. The fraction of sp³-hybridized carbons (Fsp3) is 0.263. The fourth-order valence-electron chi connectivity index (χ4n) is 2.54. The van der Waals surface area contributed by atoms with Gasteiger partial charge >= 0.3 is 0 Å². The molecule has 0 saturated heterocycles. The number of amides is 1. The van der Waals surface area contributed by atoms with E-state index in [1.165, 1.54) is 11.3 Å². The number of likely N-dealkylation sites (N-methyl/N-ethyl adjacent to an activating group) is 1. The number of fused-ring (bicyclic) bond motifs is 1. The van der Waals surface area contributed by atoms with Crippen molar-refractivity contribution in [3.05, 3.63) is 58.6 Å². The summed E-state index contributed by atoms with van der Waals surface area (Å²) in [5, 5.41) is 1.28. The van der Waals surface area contributed by atoms with Crippen molar-refractivity contribution in [2.24, 2.45) is 0 Å². The number of anilines is 1. The molecule has 0 bridgehead atoms. The molecule has 0 N–H and O–H groups in total. The van der Waals surface area contributed by atoms with E-state index in [0.717, 1.165) is 22.3 Å². The largest absolute Gasteiger partial charge is 0.308 e. The molecule has 1 heterocycles.